The Morgan fingerprint density at radius 2 is 2.17 bits per heavy atom. The maximum atomic E-state index is 8.99. The van der Waals surface area contributed by atoms with Crippen LogP contribution in [0.3, 0.4) is 0 Å². The number of nitrogens with one attached hydrogen (secondary N) is 1. The number of benzene rings is 1. The normalized spacial score (nSPS) is 10.8. The molecule has 2 rings (SSSR count). The van der Waals surface area contributed by atoms with Crippen molar-refractivity contribution in [3.05, 3.63) is 35.0 Å². The lowest BCUT2D eigenvalue weighted by molar-refractivity contribution is 0.283. The Bertz CT molecular complexity index is 408. The van der Waals surface area contributed by atoms with Crippen LogP contribution in [-0.2, 0) is 6.61 Å². The lowest BCUT2D eigenvalue weighted by Gasteiger charge is -1.99. The number of rotatable bonds is 1. The molecule has 3 heteroatoms. The van der Waals surface area contributed by atoms with Gasteiger partial charge in [-0.1, -0.05) is 17.7 Å². The van der Waals surface area contributed by atoms with Crippen LogP contribution >= 0.6 is 11.6 Å². The first kappa shape index (κ1) is 7.65. The summed E-state index contributed by atoms with van der Waals surface area (Å²) in [7, 11) is 0. The Balaban J connectivity index is 2.82. The van der Waals surface area contributed by atoms with E-state index in [-0.39, 0.29) is 6.61 Å². The third-order valence-corrected chi connectivity index (χ3v) is 2.25. The minimum Gasteiger partial charge on any atom is -0.392 e. The fourth-order valence-corrected chi connectivity index (χ4v) is 1.54. The zero-order chi connectivity index (χ0) is 8.55. The first-order valence-corrected chi connectivity index (χ1v) is 4.06. The maximum absolute atomic E-state index is 8.99. The third-order valence-electron chi connectivity index (χ3n) is 1.93. The van der Waals surface area contributed by atoms with Gasteiger partial charge in [0.1, 0.15) is 0 Å². The van der Waals surface area contributed by atoms with E-state index in [2.05, 4.69) is 4.98 Å². The van der Waals surface area contributed by atoms with Gasteiger partial charge in [-0.2, -0.15) is 0 Å². The van der Waals surface area contributed by atoms with Crippen molar-refractivity contribution in [2.24, 2.45) is 0 Å². The smallest absolute Gasteiger partial charge is 0.0688 e. The molecule has 1 heterocycles. The topological polar surface area (TPSA) is 36.0 Å². The largest absolute Gasteiger partial charge is 0.392 e. The second kappa shape index (κ2) is 2.81. The Kier molecular flexibility index (Phi) is 1.79. The van der Waals surface area contributed by atoms with Crippen molar-refractivity contribution in [3.63, 3.8) is 0 Å². The zero-order valence-electron chi connectivity index (χ0n) is 6.34. The zero-order valence-corrected chi connectivity index (χ0v) is 7.10. The monoisotopic (exact) mass is 181 g/mol. The van der Waals surface area contributed by atoms with Crippen molar-refractivity contribution < 1.29 is 5.11 Å². The number of aliphatic hydroxyl groups is 1. The van der Waals surface area contributed by atoms with Gasteiger partial charge in [-0.3, -0.25) is 0 Å². The van der Waals surface area contributed by atoms with Crippen molar-refractivity contribution in [1.82, 2.24) is 4.98 Å². The number of aromatic nitrogens is 1. The number of halogens is 1. The first-order valence-electron chi connectivity index (χ1n) is 3.68. The Labute approximate surface area is 74.8 Å². The molecule has 0 atom stereocenters. The predicted molar refractivity (Wildman–Crippen MR) is 49.2 cm³/mol. The molecule has 0 saturated carbocycles. The highest BCUT2D eigenvalue weighted by molar-refractivity contribution is 6.35. The van der Waals surface area contributed by atoms with Gasteiger partial charge in [0, 0.05) is 11.6 Å². The number of hydrogen-bond acceptors (Lipinski definition) is 1. The second-order valence-corrected chi connectivity index (χ2v) is 3.04. The van der Waals surface area contributed by atoms with Gasteiger partial charge in [0.15, 0.2) is 0 Å². The molecule has 2 aromatic rings. The van der Waals surface area contributed by atoms with Gasteiger partial charge in [-0.15, -0.1) is 0 Å². The summed E-state index contributed by atoms with van der Waals surface area (Å²) < 4.78 is 0. The van der Waals surface area contributed by atoms with Crippen LogP contribution in [0.15, 0.2) is 24.4 Å². The summed E-state index contributed by atoms with van der Waals surface area (Å²) in [6.45, 7) is 0.0471. The van der Waals surface area contributed by atoms with Crippen molar-refractivity contribution in [2.45, 2.75) is 6.61 Å². The van der Waals surface area contributed by atoms with Crippen molar-refractivity contribution in [1.29, 1.82) is 0 Å². The van der Waals surface area contributed by atoms with Gasteiger partial charge in [0.05, 0.1) is 17.1 Å². The van der Waals surface area contributed by atoms with E-state index < -0.39 is 0 Å². The molecule has 0 spiro atoms. The van der Waals surface area contributed by atoms with Crippen LogP contribution in [0.25, 0.3) is 10.9 Å². The summed E-state index contributed by atoms with van der Waals surface area (Å²) in [6, 6.07) is 5.53. The van der Waals surface area contributed by atoms with Crippen LogP contribution in [-0.4, -0.2) is 10.1 Å². The Morgan fingerprint density at radius 3 is 2.92 bits per heavy atom. The molecule has 0 fully saturated rings. The second-order valence-electron chi connectivity index (χ2n) is 2.63. The van der Waals surface area contributed by atoms with Gasteiger partial charge < -0.3 is 10.1 Å². The molecular formula is C9H8ClNO. The summed E-state index contributed by atoms with van der Waals surface area (Å²) in [6.07, 6.45) is 1.82. The van der Waals surface area contributed by atoms with E-state index in [1.165, 1.54) is 0 Å². The highest BCUT2D eigenvalue weighted by Crippen LogP contribution is 2.24. The summed E-state index contributed by atoms with van der Waals surface area (Å²) in [5.74, 6) is 0. The molecular weight excluding hydrogens is 174 g/mol. The number of fused-ring (bicyclic) bond motifs is 1. The summed E-state index contributed by atoms with van der Waals surface area (Å²) >= 11 is 5.91. The Morgan fingerprint density at radius 1 is 1.33 bits per heavy atom. The molecule has 0 radical (unpaired) electrons. The third kappa shape index (κ3) is 1.00. The molecule has 1 aromatic carbocycles. The molecule has 2 nitrogen and oxygen atoms in total. The van der Waals surface area contributed by atoms with E-state index in [4.69, 9.17) is 16.7 Å². The van der Waals surface area contributed by atoms with Crippen LogP contribution in [0.4, 0.5) is 0 Å². The summed E-state index contributed by atoms with van der Waals surface area (Å²) in [4.78, 5) is 3.02. The number of H-pyrrole nitrogens is 1. The number of aliphatic hydroxyl groups excluding tert-OH is 1. The molecule has 0 unspecified atom stereocenters. The molecule has 0 aliphatic carbocycles. The molecule has 12 heavy (non-hydrogen) atoms. The fraction of sp³-hybridized carbons (Fsp3) is 0.111. The summed E-state index contributed by atoms with van der Waals surface area (Å²) in [5, 5.41) is 10.7. The standard InChI is InChI=1S/C9H8ClNO/c10-8-2-1-6(5-12)7-3-4-11-9(7)8/h1-4,11-12H,5H2. The van der Waals surface area contributed by atoms with Gasteiger partial charge in [0.2, 0.25) is 0 Å². The van der Waals surface area contributed by atoms with Crippen molar-refractivity contribution in [3.8, 4) is 0 Å². The van der Waals surface area contributed by atoms with Crippen LogP contribution in [0, 0.1) is 0 Å². The maximum Gasteiger partial charge on any atom is 0.0688 e. The highest BCUT2D eigenvalue weighted by atomic mass is 35.5. The molecule has 0 aliphatic rings. The summed E-state index contributed by atoms with van der Waals surface area (Å²) in [5.41, 5.74) is 1.79. The molecule has 1 aromatic heterocycles. The van der Waals surface area contributed by atoms with Crippen LogP contribution in [0.2, 0.25) is 5.02 Å². The molecule has 0 bridgehead atoms. The number of aromatic amines is 1. The molecule has 0 amide bonds. The molecule has 62 valence electrons. The minimum atomic E-state index is 0.0471. The Hall–Kier alpha value is -0.990. The van der Waals surface area contributed by atoms with E-state index >= 15 is 0 Å². The SMILES string of the molecule is OCc1ccc(Cl)c2[nH]ccc12. The van der Waals surface area contributed by atoms with E-state index in [0.717, 1.165) is 16.5 Å². The average Bonchev–Trinajstić information content (AvgIpc) is 2.54. The average molecular weight is 182 g/mol. The lowest BCUT2D eigenvalue weighted by Crippen LogP contribution is -1.83. The van der Waals surface area contributed by atoms with Crippen molar-refractivity contribution in [2.75, 3.05) is 0 Å². The molecule has 0 saturated heterocycles. The van der Waals surface area contributed by atoms with Crippen LogP contribution in [0.5, 0.6) is 0 Å². The van der Waals surface area contributed by atoms with E-state index in [1.54, 1.807) is 6.07 Å². The van der Waals surface area contributed by atoms with E-state index in [9.17, 15) is 0 Å². The van der Waals surface area contributed by atoms with Crippen LogP contribution in [0.1, 0.15) is 5.56 Å². The van der Waals surface area contributed by atoms with Gasteiger partial charge in [-0.05, 0) is 17.7 Å². The molecule has 0 aliphatic heterocycles. The van der Waals surface area contributed by atoms with Gasteiger partial charge in [0.25, 0.3) is 0 Å². The highest BCUT2D eigenvalue weighted by Gasteiger charge is 2.03. The van der Waals surface area contributed by atoms with Gasteiger partial charge in [-0.25, -0.2) is 0 Å². The minimum absolute atomic E-state index is 0.0471. The van der Waals surface area contributed by atoms with Crippen molar-refractivity contribution >= 4 is 22.5 Å². The lowest BCUT2D eigenvalue weighted by atomic mass is 10.1. The molecule has 2 N–H and O–H groups in total. The van der Waals surface area contributed by atoms with Gasteiger partial charge >= 0.3 is 0 Å². The van der Waals surface area contributed by atoms with E-state index in [0.29, 0.717) is 5.02 Å². The number of hydrogen-bond donors (Lipinski definition) is 2. The quantitative estimate of drug-likeness (QED) is 0.696. The first-order chi connectivity index (χ1) is 5.83. The predicted octanol–water partition coefficient (Wildman–Crippen LogP) is 2.31. The fourth-order valence-electron chi connectivity index (χ4n) is 1.32. The van der Waals surface area contributed by atoms with Crippen LogP contribution < -0.4 is 0 Å². The van der Waals surface area contributed by atoms with E-state index in [1.807, 2.05) is 18.3 Å².